The third-order valence-electron chi connectivity index (χ3n) is 3.29. The molecule has 0 aliphatic rings. The lowest BCUT2D eigenvalue weighted by atomic mass is 10.2. The Balaban J connectivity index is 2.19. The van der Waals surface area contributed by atoms with Crippen molar-refractivity contribution in [1.29, 1.82) is 0 Å². The summed E-state index contributed by atoms with van der Waals surface area (Å²) in [6, 6.07) is 5.62. The van der Waals surface area contributed by atoms with Crippen LogP contribution >= 0.6 is 0 Å². The third kappa shape index (κ3) is 3.92. The topological polar surface area (TPSA) is 72.4 Å². The van der Waals surface area contributed by atoms with E-state index in [2.05, 4.69) is 4.98 Å². The van der Waals surface area contributed by atoms with Crippen LogP contribution in [0.4, 0.5) is 0 Å². The summed E-state index contributed by atoms with van der Waals surface area (Å²) in [4.78, 5) is 18.6. The normalized spacial score (nSPS) is 10.6. The number of rotatable bonds is 6. The van der Waals surface area contributed by atoms with Gasteiger partial charge in [0.15, 0.2) is 0 Å². The van der Waals surface area contributed by atoms with Gasteiger partial charge in [0.2, 0.25) is 0 Å². The van der Waals surface area contributed by atoms with Crippen LogP contribution < -0.4 is 5.73 Å². The predicted octanol–water partition coefficient (Wildman–Crippen LogP) is 2.28. The average molecular weight is 287 g/mol. The van der Waals surface area contributed by atoms with Gasteiger partial charge >= 0.3 is 0 Å². The van der Waals surface area contributed by atoms with Crippen molar-refractivity contribution in [3.63, 3.8) is 0 Å². The molecule has 2 N–H and O–H groups in total. The van der Waals surface area contributed by atoms with Crippen LogP contribution in [0, 0.1) is 13.8 Å². The van der Waals surface area contributed by atoms with Gasteiger partial charge in [-0.25, -0.2) is 0 Å². The molecule has 5 nitrogen and oxygen atoms in total. The van der Waals surface area contributed by atoms with Crippen LogP contribution in [0.25, 0.3) is 0 Å². The molecule has 21 heavy (non-hydrogen) atoms. The number of hydrogen-bond donors (Lipinski definition) is 1. The van der Waals surface area contributed by atoms with Gasteiger partial charge in [-0.3, -0.25) is 9.78 Å². The maximum atomic E-state index is 12.7. The minimum absolute atomic E-state index is 0.0262. The number of nitrogens with two attached hydrogens (primary N) is 1. The van der Waals surface area contributed by atoms with E-state index in [1.54, 1.807) is 23.4 Å². The summed E-state index contributed by atoms with van der Waals surface area (Å²) in [5.74, 6) is 1.37. The average Bonchev–Trinajstić information content (AvgIpc) is 2.82. The molecule has 0 atom stereocenters. The third-order valence-corrected chi connectivity index (χ3v) is 3.29. The Morgan fingerprint density at radius 3 is 2.81 bits per heavy atom. The van der Waals surface area contributed by atoms with Crippen LogP contribution in [-0.4, -0.2) is 28.9 Å². The summed E-state index contributed by atoms with van der Waals surface area (Å²) in [5.41, 5.74) is 7.19. The fourth-order valence-electron chi connectivity index (χ4n) is 2.26. The summed E-state index contributed by atoms with van der Waals surface area (Å²) < 4.78 is 5.46. The van der Waals surface area contributed by atoms with Crippen molar-refractivity contribution in [2.75, 3.05) is 13.1 Å². The molecule has 2 heterocycles. The van der Waals surface area contributed by atoms with Gasteiger partial charge in [0.25, 0.3) is 5.91 Å². The van der Waals surface area contributed by atoms with E-state index in [9.17, 15) is 4.79 Å². The molecule has 0 fully saturated rings. The Bertz CT molecular complexity index is 593. The number of carbonyl (C=O) groups is 1. The summed E-state index contributed by atoms with van der Waals surface area (Å²) in [6.07, 6.45) is 4.26. The first-order chi connectivity index (χ1) is 10.1. The van der Waals surface area contributed by atoms with E-state index in [-0.39, 0.29) is 5.91 Å². The van der Waals surface area contributed by atoms with E-state index < -0.39 is 0 Å². The Kier molecular flexibility index (Phi) is 5.11. The molecule has 112 valence electrons. The monoisotopic (exact) mass is 287 g/mol. The van der Waals surface area contributed by atoms with Gasteiger partial charge in [-0.1, -0.05) is 6.07 Å². The Morgan fingerprint density at radius 1 is 1.43 bits per heavy atom. The Morgan fingerprint density at radius 2 is 2.24 bits per heavy atom. The second kappa shape index (κ2) is 7.04. The van der Waals surface area contributed by atoms with Crippen LogP contribution in [-0.2, 0) is 6.54 Å². The lowest BCUT2D eigenvalue weighted by molar-refractivity contribution is 0.0740. The molecule has 0 spiro atoms. The van der Waals surface area contributed by atoms with E-state index in [4.69, 9.17) is 10.2 Å². The molecule has 0 aromatic carbocycles. The van der Waals surface area contributed by atoms with Gasteiger partial charge < -0.3 is 15.1 Å². The van der Waals surface area contributed by atoms with Crippen LogP contribution in [0.3, 0.4) is 0 Å². The van der Waals surface area contributed by atoms with Crippen molar-refractivity contribution < 1.29 is 9.21 Å². The zero-order chi connectivity index (χ0) is 15.2. The van der Waals surface area contributed by atoms with Gasteiger partial charge in [-0.15, -0.1) is 0 Å². The van der Waals surface area contributed by atoms with Gasteiger partial charge in [0.05, 0.1) is 5.56 Å². The zero-order valence-corrected chi connectivity index (χ0v) is 12.5. The van der Waals surface area contributed by atoms with Crippen molar-refractivity contribution in [3.8, 4) is 0 Å². The number of hydrogen-bond acceptors (Lipinski definition) is 4. The van der Waals surface area contributed by atoms with E-state index >= 15 is 0 Å². The molecule has 1 amide bonds. The quantitative estimate of drug-likeness (QED) is 0.884. The van der Waals surface area contributed by atoms with Crippen molar-refractivity contribution in [3.05, 3.63) is 53.2 Å². The molecule has 2 rings (SSSR count). The molecular formula is C16H21N3O2. The highest BCUT2D eigenvalue weighted by Gasteiger charge is 2.20. The fraction of sp³-hybridized carbons (Fsp3) is 0.375. The predicted molar refractivity (Wildman–Crippen MR) is 80.8 cm³/mol. The summed E-state index contributed by atoms with van der Waals surface area (Å²) in [7, 11) is 0. The van der Waals surface area contributed by atoms with Crippen molar-refractivity contribution in [1.82, 2.24) is 9.88 Å². The van der Waals surface area contributed by atoms with Crippen LogP contribution in [0.5, 0.6) is 0 Å². The van der Waals surface area contributed by atoms with Crippen LogP contribution in [0.2, 0.25) is 0 Å². The highest BCUT2D eigenvalue weighted by atomic mass is 16.3. The van der Waals surface area contributed by atoms with Crippen molar-refractivity contribution in [2.45, 2.75) is 26.8 Å². The molecule has 2 aromatic rings. The lowest BCUT2D eigenvalue weighted by Crippen LogP contribution is -2.32. The number of nitrogens with zero attached hydrogens (tertiary/aromatic N) is 2. The molecule has 0 aliphatic carbocycles. The summed E-state index contributed by atoms with van der Waals surface area (Å²) in [6.45, 7) is 5.35. The van der Waals surface area contributed by atoms with E-state index in [0.717, 1.165) is 17.7 Å². The van der Waals surface area contributed by atoms with E-state index in [1.807, 2.05) is 26.0 Å². The second-order valence-electron chi connectivity index (χ2n) is 5.06. The maximum Gasteiger partial charge on any atom is 0.257 e. The number of carbonyl (C=O) groups excluding carboxylic acids is 1. The van der Waals surface area contributed by atoms with Gasteiger partial charge in [0, 0.05) is 25.5 Å². The molecular weight excluding hydrogens is 266 g/mol. The van der Waals surface area contributed by atoms with Crippen LogP contribution in [0.1, 0.15) is 33.9 Å². The first-order valence-electron chi connectivity index (χ1n) is 7.07. The number of aromatic nitrogens is 1. The van der Waals surface area contributed by atoms with Gasteiger partial charge in [-0.05, 0) is 44.5 Å². The van der Waals surface area contributed by atoms with Crippen molar-refractivity contribution >= 4 is 5.91 Å². The molecule has 5 heteroatoms. The molecule has 0 saturated carbocycles. The van der Waals surface area contributed by atoms with E-state index in [0.29, 0.717) is 31.0 Å². The van der Waals surface area contributed by atoms with Gasteiger partial charge in [0.1, 0.15) is 11.5 Å². The van der Waals surface area contributed by atoms with E-state index in [1.165, 1.54) is 0 Å². The highest BCUT2D eigenvalue weighted by molar-refractivity contribution is 5.95. The van der Waals surface area contributed by atoms with Crippen LogP contribution in [0.15, 0.2) is 35.0 Å². The number of amides is 1. The SMILES string of the molecule is Cc1cc(C(=O)N(CCCN)Cc2cccnc2)c(C)o1. The summed E-state index contributed by atoms with van der Waals surface area (Å²) >= 11 is 0. The van der Waals surface area contributed by atoms with Crippen molar-refractivity contribution in [2.24, 2.45) is 5.73 Å². The highest BCUT2D eigenvalue weighted by Crippen LogP contribution is 2.17. The minimum Gasteiger partial charge on any atom is -0.466 e. The number of aryl methyl sites for hydroxylation is 2. The Hall–Kier alpha value is -2.14. The smallest absolute Gasteiger partial charge is 0.257 e. The molecule has 0 saturated heterocycles. The Labute approximate surface area is 124 Å². The molecule has 0 radical (unpaired) electrons. The standard InChI is InChI=1S/C16H21N3O2/c1-12-9-15(13(2)21-12)16(20)19(8-4-6-17)11-14-5-3-7-18-10-14/h3,5,7,9-10H,4,6,8,11,17H2,1-2H3. The summed E-state index contributed by atoms with van der Waals surface area (Å²) in [5, 5.41) is 0. The maximum absolute atomic E-state index is 12.7. The first-order valence-corrected chi connectivity index (χ1v) is 7.07. The molecule has 0 aliphatic heterocycles. The second-order valence-corrected chi connectivity index (χ2v) is 5.06. The van der Waals surface area contributed by atoms with Gasteiger partial charge in [-0.2, -0.15) is 0 Å². The fourth-order valence-corrected chi connectivity index (χ4v) is 2.26. The lowest BCUT2D eigenvalue weighted by Gasteiger charge is -2.22. The number of pyridine rings is 1. The molecule has 2 aromatic heterocycles. The first kappa shape index (κ1) is 15.3. The number of furan rings is 1. The largest absolute Gasteiger partial charge is 0.466 e. The molecule has 0 unspecified atom stereocenters. The minimum atomic E-state index is -0.0262. The molecule has 0 bridgehead atoms. The zero-order valence-electron chi connectivity index (χ0n) is 12.5.